The first-order chi connectivity index (χ1) is 15.6. The van der Waals surface area contributed by atoms with Gasteiger partial charge in [0.2, 0.25) is 0 Å². The Morgan fingerprint density at radius 2 is 1.82 bits per heavy atom. The predicted molar refractivity (Wildman–Crippen MR) is 130 cm³/mol. The summed E-state index contributed by atoms with van der Waals surface area (Å²) in [5.41, 5.74) is 2.17. The average molecular weight is 504 g/mol. The third kappa shape index (κ3) is 4.85. The SMILES string of the molecule is CN(C)c1ccc2c(=O)n(-c3ccc(NC(=O)NS(=O)(=O)c4ccc(Cl)s4)cc3)cnc2c1. The minimum Gasteiger partial charge on any atom is -0.378 e. The molecule has 0 saturated heterocycles. The molecule has 2 N–H and O–H groups in total. The molecule has 0 aliphatic rings. The van der Waals surface area contributed by atoms with Gasteiger partial charge in [0.25, 0.3) is 15.6 Å². The molecule has 2 amide bonds. The van der Waals surface area contributed by atoms with Gasteiger partial charge in [-0.3, -0.25) is 9.36 Å². The monoisotopic (exact) mass is 503 g/mol. The Morgan fingerprint density at radius 3 is 2.45 bits per heavy atom. The molecule has 0 radical (unpaired) electrons. The maximum absolute atomic E-state index is 12.9. The summed E-state index contributed by atoms with van der Waals surface area (Å²) < 4.78 is 28.0. The van der Waals surface area contributed by atoms with E-state index in [1.807, 2.05) is 35.9 Å². The highest BCUT2D eigenvalue weighted by Crippen LogP contribution is 2.25. The molecular weight excluding hydrogens is 486 g/mol. The smallest absolute Gasteiger partial charge is 0.333 e. The number of urea groups is 1. The number of amides is 2. The lowest BCUT2D eigenvalue weighted by atomic mass is 10.2. The Hall–Kier alpha value is -3.41. The van der Waals surface area contributed by atoms with Crippen molar-refractivity contribution in [2.45, 2.75) is 4.21 Å². The molecule has 0 bridgehead atoms. The molecule has 4 aromatic rings. The summed E-state index contributed by atoms with van der Waals surface area (Å²) in [5.74, 6) is 0. The van der Waals surface area contributed by atoms with Crippen LogP contribution in [-0.4, -0.2) is 38.1 Å². The van der Waals surface area contributed by atoms with Crippen LogP contribution in [0, 0.1) is 0 Å². The maximum Gasteiger partial charge on any atom is 0.333 e. The van der Waals surface area contributed by atoms with Crippen LogP contribution in [0.2, 0.25) is 4.34 Å². The molecular formula is C21H18ClN5O4S2. The van der Waals surface area contributed by atoms with Crippen LogP contribution < -0.4 is 20.5 Å². The van der Waals surface area contributed by atoms with Gasteiger partial charge in [-0.2, -0.15) is 0 Å². The number of aromatic nitrogens is 2. The van der Waals surface area contributed by atoms with Crippen molar-refractivity contribution in [2.75, 3.05) is 24.3 Å². The van der Waals surface area contributed by atoms with Gasteiger partial charge < -0.3 is 10.2 Å². The van der Waals surface area contributed by atoms with Crippen molar-refractivity contribution in [3.63, 3.8) is 0 Å². The summed E-state index contributed by atoms with van der Waals surface area (Å²) in [6, 6.07) is 13.6. The summed E-state index contributed by atoms with van der Waals surface area (Å²) >= 11 is 6.60. The van der Waals surface area contributed by atoms with Crippen LogP contribution in [0.1, 0.15) is 0 Å². The Labute approximate surface area is 198 Å². The minimum absolute atomic E-state index is 0.0705. The summed E-state index contributed by atoms with van der Waals surface area (Å²) in [6.45, 7) is 0. The maximum atomic E-state index is 12.9. The second-order valence-electron chi connectivity index (χ2n) is 7.18. The Bertz CT molecular complexity index is 1510. The molecule has 0 spiro atoms. The highest BCUT2D eigenvalue weighted by molar-refractivity contribution is 7.92. The minimum atomic E-state index is -4.03. The van der Waals surface area contributed by atoms with Gasteiger partial charge in [0.15, 0.2) is 0 Å². The fraction of sp³-hybridized carbons (Fsp3) is 0.0952. The van der Waals surface area contributed by atoms with Crippen LogP contribution in [0.3, 0.4) is 0 Å². The van der Waals surface area contributed by atoms with Gasteiger partial charge in [-0.1, -0.05) is 11.6 Å². The number of anilines is 2. The van der Waals surface area contributed by atoms with Crippen LogP contribution in [-0.2, 0) is 10.0 Å². The van der Waals surface area contributed by atoms with Crippen molar-refractivity contribution in [3.8, 4) is 5.69 Å². The first kappa shape index (κ1) is 22.8. The normalized spacial score (nSPS) is 11.4. The number of hydrogen-bond acceptors (Lipinski definition) is 7. The number of carbonyl (C=O) groups is 1. The average Bonchev–Trinajstić information content (AvgIpc) is 3.21. The van der Waals surface area contributed by atoms with E-state index in [4.69, 9.17) is 11.6 Å². The number of fused-ring (bicyclic) bond motifs is 1. The molecule has 2 heterocycles. The van der Waals surface area contributed by atoms with Gasteiger partial charge in [0.05, 0.1) is 20.9 Å². The van der Waals surface area contributed by atoms with Gasteiger partial charge >= 0.3 is 6.03 Å². The van der Waals surface area contributed by atoms with Crippen molar-refractivity contribution in [1.29, 1.82) is 0 Å². The first-order valence-electron chi connectivity index (χ1n) is 9.52. The highest BCUT2D eigenvalue weighted by Gasteiger charge is 2.20. The molecule has 2 aromatic carbocycles. The molecule has 0 atom stereocenters. The molecule has 0 aliphatic heterocycles. The van der Waals surface area contributed by atoms with Crippen molar-refractivity contribution in [1.82, 2.24) is 14.3 Å². The van der Waals surface area contributed by atoms with Crippen LogP contribution in [0.15, 0.2) is 69.9 Å². The van der Waals surface area contributed by atoms with E-state index in [2.05, 4.69) is 10.3 Å². The second kappa shape index (κ2) is 8.85. The zero-order valence-electron chi connectivity index (χ0n) is 17.4. The van der Waals surface area contributed by atoms with E-state index in [1.54, 1.807) is 30.3 Å². The predicted octanol–water partition coefficient (Wildman–Crippen LogP) is 3.68. The molecule has 0 aliphatic carbocycles. The van der Waals surface area contributed by atoms with Crippen molar-refractivity contribution < 1.29 is 13.2 Å². The molecule has 0 fully saturated rings. The second-order valence-corrected chi connectivity index (χ2v) is 10.8. The van der Waals surface area contributed by atoms with E-state index in [-0.39, 0.29) is 9.77 Å². The summed E-state index contributed by atoms with van der Waals surface area (Å²) in [4.78, 5) is 31.4. The van der Waals surface area contributed by atoms with E-state index in [9.17, 15) is 18.0 Å². The van der Waals surface area contributed by atoms with E-state index in [0.29, 0.717) is 26.6 Å². The number of nitrogens with zero attached hydrogens (tertiary/aromatic N) is 3. The molecule has 2 aromatic heterocycles. The number of carbonyl (C=O) groups excluding carboxylic acids is 1. The highest BCUT2D eigenvalue weighted by atomic mass is 35.5. The summed E-state index contributed by atoms with van der Waals surface area (Å²) in [6.07, 6.45) is 1.44. The number of thiophene rings is 1. The fourth-order valence-corrected chi connectivity index (χ4v) is 5.44. The Balaban J connectivity index is 1.52. The van der Waals surface area contributed by atoms with Gasteiger partial charge in [-0.25, -0.2) is 22.9 Å². The fourth-order valence-electron chi connectivity index (χ4n) is 3.05. The van der Waals surface area contributed by atoms with Gasteiger partial charge in [0.1, 0.15) is 10.5 Å². The van der Waals surface area contributed by atoms with Crippen LogP contribution >= 0.6 is 22.9 Å². The molecule has 0 saturated carbocycles. The lowest BCUT2D eigenvalue weighted by Crippen LogP contribution is -2.33. The number of hydrogen-bond donors (Lipinski definition) is 2. The molecule has 9 nitrogen and oxygen atoms in total. The van der Waals surface area contributed by atoms with E-state index >= 15 is 0 Å². The zero-order chi connectivity index (χ0) is 23.8. The number of sulfonamides is 1. The lowest BCUT2D eigenvalue weighted by Gasteiger charge is -2.13. The van der Waals surface area contributed by atoms with Crippen LogP contribution in [0.4, 0.5) is 16.2 Å². The number of halogens is 1. The Morgan fingerprint density at radius 1 is 1.09 bits per heavy atom. The molecule has 33 heavy (non-hydrogen) atoms. The number of nitrogens with one attached hydrogen (secondary N) is 2. The van der Waals surface area contributed by atoms with Crippen molar-refractivity contribution in [3.05, 3.63) is 75.6 Å². The van der Waals surface area contributed by atoms with Gasteiger partial charge in [-0.05, 0) is 54.6 Å². The van der Waals surface area contributed by atoms with Crippen molar-refractivity contribution in [2.24, 2.45) is 0 Å². The van der Waals surface area contributed by atoms with Gasteiger partial charge in [0, 0.05) is 25.5 Å². The Kier molecular flexibility index (Phi) is 6.11. The topological polar surface area (TPSA) is 113 Å². The first-order valence-corrected chi connectivity index (χ1v) is 12.2. The molecule has 170 valence electrons. The lowest BCUT2D eigenvalue weighted by molar-refractivity contribution is 0.256. The van der Waals surface area contributed by atoms with Gasteiger partial charge in [-0.15, -0.1) is 11.3 Å². The number of benzene rings is 2. The summed E-state index contributed by atoms with van der Waals surface area (Å²) in [5, 5.41) is 2.92. The zero-order valence-corrected chi connectivity index (χ0v) is 19.8. The van der Waals surface area contributed by atoms with Crippen LogP contribution in [0.25, 0.3) is 16.6 Å². The standard InChI is InChI=1S/C21H18ClN5O4S2/c1-26(2)15-7-8-16-17(11-15)23-12-27(20(16)28)14-5-3-13(4-6-14)24-21(29)25-33(30,31)19-10-9-18(22)32-19/h3-12H,1-2H3,(H2,24,25,29). The third-order valence-electron chi connectivity index (χ3n) is 4.70. The van der Waals surface area contributed by atoms with Crippen LogP contribution in [0.5, 0.6) is 0 Å². The number of rotatable bonds is 5. The molecule has 0 unspecified atom stereocenters. The third-order valence-corrected chi connectivity index (χ3v) is 7.76. The summed E-state index contributed by atoms with van der Waals surface area (Å²) in [7, 11) is -0.213. The van der Waals surface area contributed by atoms with E-state index in [0.717, 1.165) is 17.0 Å². The van der Waals surface area contributed by atoms with Crippen molar-refractivity contribution >= 4 is 61.3 Å². The van der Waals surface area contributed by atoms with E-state index < -0.39 is 16.1 Å². The largest absolute Gasteiger partial charge is 0.378 e. The van der Waals surface area contributed by atoms with E-state index in [1.165, 1.54) is 23.0 Å². The quantitative estimate of drug-likeness (QED) is 0.429. The molecule has 12 heteroatoms. The molecule has 4 rings (SSSR count).